The molecule has 10 heteroatoms. The molecular weight excluding hydrogens is 305 g/mol. The molecule has 0 spiro atoms. The van der Waals surface area contributed by atoms with Crippen LogP contribution in [0.4, 0.5) is 13.2 Å². The van der Waals surface area contributed by atoms with Gasteiger partial charge in [0.25, 0.3) is 0 Å². The number of amides is 1. The summed E-state index contributed by atoms with van der Waals surface area (Å²) in [4.78, 5) is 20.3. The zero-order valence-corrected chi connectivity index (χ0v) is 12.7. The van der Waals surface area contributed by atoms with E-state index in [9.17, 15) is 18.0 Å². The third kappa shape index (κ3) is 8.35. The monoisotopic (exact) mass is 324 g/mol. The van der Waals surface area contributed by atoms with Crippen LogP contribution in [0.15, 0.2) is 4.42 Å². The van der Waals surface area contributed by atoms with Crippen LogP contribution in [0.25, 0.3) is 0 Å². The first-order chi connectivity index (χ1) is 9.86. The summed E-state index contributed by atoms with van der Waals surface area (Å²) in [6, 6.07) is -0.559. The largest absolute Gasteiger partial charge is 0.446 e. The van der Waals surface area contributed by atoms with Crippen molar-refractivity contribution in [2.24, 2.45) is 11.1 Å². The summed E-state index contributed by atoms with van der Waals surface area (Å²) in [7, 11) is 0. The molecule has 0 bridgehead atoms. The first kappa shape index (κ1) is 20.0. The van der Waals surface area contributed by atoms with Gasteiger partial charge in [-0.2, -0.15) is 13.2 Å². The van der Waals surface area contributed by atoms with E-state index in [2.05, 4.69) is 15.5 Å². The Morgan fingerprint density at radius 3 is 2.18 bits per heavy atom. The minimum Gasteiger partial charge on any atom is -0.424 e. The third-order valence-corrected chi connectivity index (χ3v) is 2.33. The van der Waals surface area contributed by atoms with E-state index in [0.29, 0.717) is 11.8 Å². The number of halogens is 3. The highest BCUT2D eigenvalue weighted by atomic mass is 19.4. The number of aryl methyl sites for hydroxylation is 1. The molecule has 0 saturated heterocycles. The van der Waals surface area contributed by atoms with Gasteiger partial charge in [0.15, 0.2) is 0 Å². The number of alkyl halides is 3. The number of nitrogens with one attached hydrogen (secondary N) is 1. The van der Waals surface area contributed by atoms with E-state index >= 15 is 0 Å². The van der Waals surface area contributed by atoms with Gasteiger partial charge in [0.05, 0.1) is 12.6 Å². The van der Waals surface area contributed by atoms with Gasteiger partial charge in [-0.25, -0.2) is 0 Å². The minimum atomic E-state index is -4.64. The molecule has 0 aromatic carbocycles. The molecule has 1 atom stereocenters. The summed E-state index contributed by atoms with van der Waals surface area (Å²) < 4.78 is 36.4. The van der Waals surface area contributed by atoms with Gasteiger partial charge in [-0.3, -0.25) is 9.59 Å². The molecule has 1 aromatic heterocycles. The van der Waals surface area contributed by atoms with Gasteiger partial charge >= 0.3 is 6.18 Å². The van der Waals surface area contributed by atoms with Crippen LogP contribution in [0.1, 0.15) is 32.6 Å². The second kappa shape index (κ2) is 7.87. The number of aldehydes is 1. The van der Waals surface area contributed by atoms with Crippen molar-refractivity contribution in [3.05, 3.63) is 11.8 Å². The lowest BCUT2D eigenvalue weighted by atomic mass is 9.87. The number of hydrogen-bond donors (Lipinski definition) is 2. The molecule has 1 aromatic rings. The van der Waals surface area contributed by atoms with Crippen molar-refractivity contribution in [1.29, 1.82) is 0 Å². The summed E-state index contributed by atoms with van der Waals surface area (Å²) in [5.41, 5.74) is 5.52. The average molecular weight is 324 g/mol. The number of aromatic nitrogens is 2. The molecule has 0 unspecified atom stereocenters. The van der Waals surface area contributed by atoms with Gasteiger partial charge in [0, 0.05) is 6.92 Å². The molecule has 0 aliphatic heterocycles. The van der Waals surface area contributed by atoms with Crippen molar-refractivity contribution in [3.63, 3.8) is 0 Å². The van der Waals surface area contributed by atoms with E-state index in [1.54, 1.807) is 6.92 Å². The fourth-order valence-electron chi connectivity index (χ4n) is 1.07. The summed E-state index contributed by atoms with van der Waals surface area (Å²) >= 11 is 0. The summed E-state index contributed by atoms with van der Waals surface area (Å²) in [6.45, 7) is 7.64. The quantitative estimate of drug-likeness (QED) is 0.806. The van der Waals surface area contributed by atoms with Crippen molar-refractivity contribution in [2.75, 3.05) is 0 Å². The van der Waals surface area contributed by atoms with Crippen LogP contribution < -0.4 is 11.1 Å². The molecule has 7 nitrogen and oxygen atoms in total. The SMILES string of the molecule is Cc1nnc(CNC(=O)[C@@H](N)C(C)(C)C)o1.O=CC(F)(F)F. The zero-order valence-electron chi connectivity index (χ0n) is 12.7. The minimum absolute atomic E-state index is 0.212. The van der Waals surface area contributed by atoms with E-state index in [4.69, 9.17) is 14.9 Å². The van der Waals surface area contributed by atoms with E-state index in [1.165, 1.54) is 0 Å². The lowest BCUT2D eigenvalue weighted by molar-refractivity contribution is -0.156. The Kier molecular flexibility index (Phi) is 7.17. The molecule has 0 fully saturated rings. The van der Waals surface area contributed by atoms with Crippen molar-refractivity contribution in [3.8, 4) is 0 Å². The second-order valence-electron chi connectivity index (χ2n) is 5.44. The predicted molar refractivity (Wildman–Crippen MR) is 70.4 cm³/mol. The van der Waals surface area contributed by atoms with E-state index in [-0.39, 0.29) is 17.9 Å². The lowest BCUT2D eigenvalue weighted by Gasteiger charge is -2.25. The Morgan fingerprint density at radius 1 is 1.36 bits per heavy atom. The predicted octanol–water partition coefficient (Wildman–Crippen LogP) is 1.12. The fourth-order valence-corrected chi connectivity index (χ4v) is 1.07. The number of nitrogens with two attached hydrogens (primary N) is 1. The van der Waals surface area contributed by atoms with Crippen molar-refractivity contribution >= 4 is 12.2 Å². The van der Waals surface area contributed by atoms with Crippen LogP contribution in [-0.4, -0.2) is 34.6 Å². The highest BCUT2D eigenvalue weighted by Crippen LogP contribution is 2.17. The smallest absolute Gasteiger partial charge is 0.424 e. The topological polar surface area (TPSA) is 111 Å². The van der Waals surface area contributed by atoms with E-state index in [0.717, 1.165) is 0 Å². The fraction of sp³-hybridized carbons (Fsp3) is 0.667. The molecule has 3 N–H and O–H groups in total. The Labute approximate surface area is 125 Å². The van der Waals surface area contributed by atoms with Crippen LogP contribution in [0, 0.1) is 12.3 Å². The number of carbonyl (C=O) groups excluding carboxylic acids is 2. The van der Waals surface area contributed by atoms with Crippen molar-refractivity contribution in [2.45, 2.75) is 46.5 Å². The first-order valence-electron chi connectivity index (χ1n) is 6.22. The molecule has 0 aliphatic rings. The van der Waals surface area contributed by atoms with Crippen LogP contribution in [0.5, 0.6) is 0 Å². The molecule has 1 amide bonds. The average Bonchev–Trinajstić information content (AvgIpc) is 2.79. The standard InChI is InChI=1S/C10H18N4O2.C2HF3O/c1-6-13-14-7(16-6)5-12-9(15)8(11)10(2,3)4;3-2(4,5)1-6/h8H,5,11H2,1-4H3,(H,12,15);1H/t8-;/m1./s1. The summed E-state index contributed by atoms with van der Waals surface area (Å²) in [6.07, 6.45) is -5.70. The van der Waals surface area contributed by atoms with Crippen LogP contribution in [0.3, 0.4) is 0 Å². The van der Waals surface area contributed by atoms with Crippen LogP contribution in [-0.2, 0) is 16.1 Å². The Morgan fingerprint density at radius 2 is 1.86 bits per heavy atom. The van der Waals surface area contributed by atoms with E-state index < -0.39 is 18.5 Å². The number of hydrogen-bond acceptors (Lipinski definition) is 6. The maximum atomic E-state index is 11.6. The molecule has 0 aliphatic carbocycles. The molecule has 1 heterocycles. The lowest BCUT2D eigenvalue weighted by Crippen LogP contribution is -2.48. The highest BCUT2D eigenvalue weighted by Gasteiger charge is 2.27. The molecule has 0 radical (unpaired) electrons. The molecule has 0 saturated carbocycles. The maximum absolute atomic E-state index is 11.6. The Hall–Kier alpha value is -1.97. The maximum Gasteiger partial charge on any atom is 0.446 e. The van der Waals surface area contributed by atoms with Crippen LogP contribution in [0.2, 0.25) is 0 Å². The normalized spacial score (nSPS) is 12.9. The number of nitrogens with zero attached hydrogens (tertiary/aromatic N) is 2. The zero-order chi connectivity index (χ0) is 17.6. The number of carbonyl (C=O) groups is 2. The summed E-state index contributed by atoms with van der Waals surface area (Å²) in [5.74, 6) is 0.639. The van der Waals surface area contributed by atoms with E-state index in [1.807, 2.05) is 20.8 Å². The van der Waals surface area contributed by atoms with Gasteiger partial charge in [-0.1, -0.05) is 20.8 Å². The summed E-state index contributed by atoms with van der Waals surface area (Å²) in [5, 5.41) is 10.1. The van der Waals surface area contributed by atoms with Gasteiger partial charge in [-0.15, -0.1) is 10.2 Å². The molecule has 22 heavy (non-hydrogen) atoms. The van der Waals surface area contributed by atoms with Gasteiger partial charge < -0.3 is 15.5 Å². The third-order valence-electron chi connectivity index (χ3n) is 2.33. The second-order valence-corrected chi connectivity index (χ2v) is 5.44. The Balaban J connectivity index is 0.000000626. The number of rotatable bonds is 3. The molecule has 1 rings (SSSR count). The van der Waals surface area contributed by atoms with Crippen LogP contribution >= 0.6 is 0 Å². The highest BCUT2D eigenvalue weighted by molar-refractivity contribution is 5.82. The van der Waals surface area contributed by atoms with Gasteiger partial charge in [0.2, 0.25) is 24.0 Å². The van der Waals surface area contributed by atoms with Crippen molar-refractivity contribution < 1.29 is 27.2 Å². The van der Waals surface area contributed by atoms with Gasteiger partial charge in [-0.05, 0) is 5.41 Å². The first-order valence-corrected chi connectivity index (χ1v) is 6.22. The molecular formula is C12H19F3N4O3. The molecule has 126 valence electrons. The van der Waals surface area contributed by atoms with Gasteiger partial charge in [0.1, 0.15) is 0 Å². The van der Waals surface area contributed by atoms with Crippen molar-refractivity contribution in [1.82, 2.24) is 15.5 Å². The Bertz CT molecular complexity index is 495.